The SMILES string of the molecule is CCCCNC(=O)N1C[C@@H](O)[C@H](O)[C@@H](C(F)F)C1.CCCCNC(=S)N1C[C@@H](O)[C@H](O)[C@@H](C(F)F)C1.CN(C)S(=O)(=O)N1C[C@@H](O)[C@H](O)[C@@H](C(F)F)C1.OC(CC1CCCCC1)[C@H]1CNC[C@@H](O)[C@@H]1O.OC(c1cc(F)cc(F)c1)[C@H]1CNC[C@@H](O)[C@@H]1O.O[C@@H]1[C@@H](Cc2ccc(F)cc2)CNC[C@H]1O.O[C@H]1[C@H](O)CNC[C@@H]1C(F)CC1CCCCC1. The first-order valence-corrected chi connectivity index (χ1v) is 44.1. The van der Waals surface area contributed by atoms with Crippen LogP contribution in [0, 0.1) is 70.7 Å². The number of amides is 2. The Kier molecular flexibility index (Phi) is 48.0. The van der Waals surface area contributed by atoms with Crippen molar-refractivity contribution in [2.24, 2.45) is 53.3 Å². The van der Waals surface area contributed by atoms with Gasteiger partial charge in [0.2, 0.25) is 19.3 Å². The standard InChI is InChI=1S/C13H24FNO2.C13H25NO3.C12H15F2NO3.C12H16FNO2.C11H20F2N2O3.C11H20F2N2O2S.C8H16F2N2O4S/c14-11(6-9-4-2-1-3-5-9)10-7-15-8-12(16)13(10)17;15-11(6-9-4-2-1-3-5-9)10-7-14-8-12(16)13(10)17;13-7-1-6(2-8(14)3-7)11(17)9-4-15-5-10(16)12(9)18;13-10-3-1-8(2-4-10)5-9-6-14-7-11(15)12(9)16;2*1-2-3-4-14-11(18)15-5-7(10(12)13)9(17)8(16)6-15;1-11(2)17(15,16)12-3-5(8(9)10)7(14)6(13)4-12/h9-13,15-17H,1-8H2;9-17H,1-8H2;1-3,9-12,15-18H,4-5H2;1-4,9,11-12,14-16H,5-7H2;2*7-10,16-17H,2-6H2,1H3,(H,14,18);5-8,13-14H,3-4H2,1-2H3/t2*10-,11?,12-,13-;9-,10-,11?,12-;9-,11+,12+;2*7-,8+,9+;5-,6+,7+/m1110000/s1. The van der Waals surface area contributed by atoms with Crippen LogP contribution in [0.3, 0.4) is 0 Å². The van der Waals surface area contributed by atoms with E-state index in [-0.39, 0.29) is 69.0 Å². The van der Waals surface area contributed by atoms with E-state index in [1.54, 1.807) is 12.1 Å². The van der Waals surface area contributed by atoms with Crippen molar-refractivity contribution in [3.8, 4) is 0 Å². The Balaban J connectivity index is 0.000000251. The zero-order valence-electron chi connectivity index (χ0n) is 69.4. The lowest BCUT2D eigenvalue weighted by atomic mass is 9.80. The third-order valence-corrected chi connectivity index (χ3v) is 26.1. The van der Waals surface area contributed by atoms with Crippen LogP contribution >= 0.6 is 12.2 Å². The summed E-state index contributed by atoms with van der Waals surface area (Å²) in [5.41, 5.74) is 1.02. The number of likely N-dealkylation sites (tertiary alicyclic amines) is 2. The molecule has 702 valence electrons. The third-order valence-electron chi connectivity index (χ3n) is 23.8. The van der Waals surface area contributed by atoms with Crippen molar-refractivity contribution < 1.29 is 139 Å². The van der Waals surface area contributed by atoms with Gasteiger partial charge in [-0.2, -0.15) is 17.0 Å². The second-order valence-corrected chi connectivity index (χ2v) is 35.9. The molecule has 2 aromatic carbocycles. The summed E-state index contributed by atoms with van der Waals surface area (Å²) in [6.07, 6.45) is -8.47. The Hall–Kier alpha value is -4.23. The van der Waals surface area contributed by atoms with Crippen LogP contribution < -0.4 is 31.9 Å². The number of alkyl halides is 7. The van der Waals surface area contributed by atoms with E-state index in [1.807, 2.05) is 13.8 Å². The quantitative estimate of drug-likeness (QED) is 0.0478. The molecule has 0 spiro atoms. The number of rotatable bonds is 21. The van der Waals surface area contributed by atoms with E-state index in [2.05, 4.69) is 31.9 Å². The summed E-state index contributed by atoms with van der Waals surface area (Å²) < 4.78 is 154. The van der Waals surface area contributed by atoms with Gasteiger partial charge in [-0.05, 0) is 91.6 Å². The van der Waals surface area contributed by atoms with Gasteiger partial charge in [-0.25, -0.2) is 48.7 Å². The molecule has 2 amide bonds. The van der Waals surface area contributed by atoms with Crippen LogP contribution in [0.2, 0.25) is 0 Å². The molecular formula is C80H136F10N10O19S2. The lowest BCUT2D eigenvalue weighted by molar-refractivity contribution is -0.107. The number of unbranched alkanes of at least 4 members (excludes halogenated alkanes) is 2. The molecule has 9 aliphatic rings. The Morgan fingerprint density at radius 1 is 0.471 bits per heavy atom. The van der Waals surface area contributed by atoms with Crippen molar-refractivity contribution in [2.75, 3.05) is 119 Å². The molecule has 0 aromatic heterocycles. The molecule has 2 aliphatic carbocycles. The molecule has 0 radical (unpaired) electrons. The molecule has 3 unspecified atom stereocenters. The molecular weight excluding hydrogens is 1660 g/mol. The lowest BCUT2D eigenvalue weighted by Gasteiger charge is -2.40. The van der Waals surface area contributed by atoms with Crippen molar-refractivity contribution in [3.63, 3.8) is 0 Å². The van der Waals surface area contributed by atoms with Gasteiger partial charge in [-0.3, -0.25) is 0 Å². The summed E-state index contributed by atoms with van der Waals surface area (Å²) in [7, 11) is -1.32. The zero-order valence-corrected chi connectivity index (χ0v) is 71.0. The second kappa shape index (κ2) is 54.2. The number of nitrogens with zero attached hydrogens (tertiary/aromatic N) is 4. The smallest absolute Gasteiger partial charge is 0.317 e. The zero-order chi connectivity index (χ0) is 90.1. The van der Waals surface area contributed by atoms with E-state index in [0.717, 1.165) is 76.2 Å². The fourth-order valence-electron chi connectivity index (χ4n) is 16.3. The number of hydrogen-bond donors (Lipinski definition) is 22. The average molecular weight is 1800 g/mol. The van der Waals surface area contributed by atoms with E-state index in [1.165, 1.54) is 82.5 Å². The number of hydrogen-bond acceptors (Lipinski definition) is 24. The first-order valence-electron chi connectivity index (χ1n) is 42.3. The molecule has 41 heteroatoms. The Bertz CT molecular complexity index is 3220. The Labute approximate surface area is 708 Å². The topological polar surface area (TPSA) is 460 Å². The molecule has 9 fully saturated rings. The summed E-state index contributed by atoms with van der Waals surface area (Å²) in [5.74, 6) is -6.39. The molecule has 11 rings (SSSR count). The number of urea groups is 1. The van der Waals surface area contributed by atoms with Crippen molar-refractivity contribution >= 4 is 33.6 Å². The summed E-state index contributed by atoms with van der Waals surface area (Å²) in [6, 6.07) is 8.51. The number of halogens is 10. The minimum atomic E-state index is -3.86. The first-order chi connectivity index (χ1) is 57.1. The van der Waals surface area contributed by atoms with E-state index in [9.17, 15) is 139 Å². The van der Waals surface area contributed by atoms with E-state index >= 15 is 0 Å². The highest BCUT2D eigenvalue weighted by Crippen LogP contribution is 2.35. The Morgan fingerprint density at radius 2 is 0.868 bits per heavy atom. The van der Waals surface area contributed by atoms with Gasteiger partial charge in [-0.1, -0.05) is 103 Å². The molecule has 7 aliphatic heterocycles. The molecule has 29 nitrogen and oxygen atoms in total. The number of carbonyl (C=O) groups excluding carboxylic acids is 1. The van der Waals surface area contributed by atoms with Crippen LogP contribution in [-0.2, 0) is 16.6 Å². The predicted molar refractivity (Wildman–Crippen MR) is 434 cm³/mol. The van der Waals surface area contributed by atoms with E-state index in [4.69, 9.17) is 12.2 Å². The largest absolute Gasteiger partial charge is 0.393 e. The van der Waals surface area contributed by atoms with Crippen molar-refractivity contribution in [2.45, 2.75) is 246 Å². The van der Waals surface area contributed by atoms with Gasteiger partial charge in [0.25, 0.3) is 10.2 Å². The van der Waals surface area contributed by atoms with E-state index in [0.29, 0.717) is 88.2 Å². The van der Waals surface area contributed by atoms with Gasteiger partial charge in [0, 0.05) is 142 Å². The maximum atomic E-state index is 14.2. The monoisotopic (exact) mass is 1790 g/mol. The van der Waals surface area contributed by atoms with Crippen molar-refractivity contribution in [3.05, 3.63) is 71.0 Å². The number of aliphatic hydroxyl groups excluding tert-OH is 16. The summed E-state index contributed by atoms with van der Waals surface area (Å²) in [6.45, 7) is 7.44. The molecule has 7 heterocycles. The van der Waals surface area contributed by atoms with Crippen molar-refractivity contribution in [1.82, 2.24) is 50.3 Å². The molecule has 22 N–H and O–H groups in total. The Morgan fingerprint density at radius 3 is 1.35 bits per heavy atom. The highest BCUT2D eigenvalue weighted by atomic mass is 32.2. The normalized spacial score (nSPS) is 32.2. The van der Waals surface area contributed by atoms with Crippen LogP contribution in [0.25, 0.3) is 0 Å². The third kappa shape index (κ3) is 34.7. The maximum absolute atomic E-state index is 14.2. The molecule has 121 heavy (non-hydrogen) atoms. The molecule has 0 bridgehead atoms. The summed E-state index contributed by atoms with van der Waals surface area (Å²) in [4.78, 5) is 14.3. The molecule has 24 atom stereocenters. The molecule has 7 saturated heterocycles. The molecule has 2 saturated carbocycles. The van der Waals surface area contributed by atoms with Crippen LogP contribution in [0.15, 0.2) is 42.5 Å². The van der Waals surface area contributed by atoms with Gasteiger partial charge in [0.1, 0.15) is 23.6 Å². The number of aliphatic hydroxyl groups is 16. The molecule has 2 aromatic rings. The lowest BCUT2D eigenvalue weighted by Crippen LogP contribution is -2.58. The van der Waals surface area contributed by atoms with Gasteiger partial charge >= 0.3 is 6.03 Å². The number of nitrogens with one attached hydrogen (secondary N) is 6. The van der Waals surface area contributed by atoms with Crippen LogP contribution in [-0.4, -0.2) is 355 Å². The number of carbonyl (C=O) groups is 1. The van der Waals surface area contributed by atoms with Gasteiger partial charge in [0.15, 0.2) is 5.11 Å². The van der Waals surface area contributed by atoms with Crippen molar-refractivity contribution in [1.29, 1.82) is 0 Å². The average Bonchev–Trinajstić information content (AvgIpc) is 0.801. The fourth-order valence-corrected chi connectivity index (χ4v) is 17.7. The van der Waals surface area contributed by atoms with Gasteiger partial charge in [-0.15, -0.1) is 0 Å². The maximum Gasteiger partial charge on any atom is 0.317 e. The minimum Gasteiger partial charge on any atom is -0.393 e. The summed E-state index contributed by atoms with van der Waals surface area (Å²) >= 11 is 5.10. The number of thiocarbonyl (C=S) groups is 1. The van der Waals surface area contributed by atoms with Gasteiger partial charge in [0.05, 0.1) is 122 Å². The van der Waals surface area contributed by atoms with Gasteiger partial charge < -0.3 is 123 Å². The van der Waals surface area contributed by atoms with Crippen LogP contribution in [0.4, 0.5) is 48.7 Å². The fraction of sp³-hybridized carbons (Fsp3) is 0.825. The highest BCUT2D eigenvalue weighted by molar-refractivity contribution is 7.86. The second-order valence-electron chi connectivity index (χ2n) is 33.4. The van der Waals surface area contributed by atoms with E-state index < -0.39 is 187 Å². The first kappa shape index (κ1) is 107. The highest BCUT2D eigenvalue weighted by Gasteiger charge is 2.47. The van der Waals surface area contributed by atoms with Crippen LogP contribution in [0.5, 0.6) is 0 Å². The number of β-amino-alcohol motifs (C(OH)–C–C–N with tert-alkyl or cyclic N) is 7. The van der Waals surface area contributed by atoms with Crippen LogP contribution in [0.1, 0.15) is 134 Å². The number of piperidine rings is 7. The summed E-state index contributed by atoms with van der Waals surface area (Å²) in [5, 5.41) is 172. The predicted octanol–water partition coefficient (Wildman–Crippen LogP) is 1.45. The number of benzene rings is 2. The minimum absolute atomic E-state index is 0.0192.